The first-order valence-electron chi connectivity index (χ1n) is 8.83. The van der Waals surface area contributed by atoms with Crippen molar-refractivity contribution in [2.75, 3.05) is 18.5 Å². The number of anilines is 1. The molecule has 0 bridgehead atoms. The van der Waals surface area contributed by atoms with Gasteiger partial charge in [0, 0.05) is 24.4 Å². The van der Waals surface area contributed by atoms with E-state index in [-0.39, 0.29) is 18.5 Å². The van der Waals surface area contributed by atoms with Gasteiger partial charge in [-0.05, 0) is 49.6 Å². The molecule has 1 aliphatic rings. The summed E-state index contributed by atoms with van der Waals surface area (Å²) in [4.78, 5) is 11.9. The van der Waals surface area contributed by atoms with Crippen molar-refractivity contribution in [3.05, 3.63) is 59.9 Å². The van der Waals surface area contributed by atoms with Gasteiger partial charge in [-0.15, -0.1) is 0 Å². The zero-order chi connectivity index (χ0) is 18.2. The van der Waals surface area contributed by atoms with Gasteiger partial charge in [-0.1, -0.05) is 18.2 Å². The third kappa shape index (κ3) is 5.46. The smallest absolute Gasteiger partial charge is 0.319 e. The van der Waals surface area contributed by atoms with Crippen LogP contribution in [0.15, 0.2) is 48.5 Å². The van der Waals surface area contributed by atoms with Gasteiger partial charge in [0.2, 0.25) is 0 Å². The number of carbonyl (C=O) groups excluding carboxylic acids is 1. The predicted molar refractivity (Wildman–Crippen MR) is 97.8 cm³/mol. The molecule has 3 rings (SSSR count). The molecule has 0 spiro atoms. The molecule has 1 aliphatic heterocycles. The fourth-order valence-corrected chi connectivity index (χ4v) is 2.76. The first-order valence-corrected chi connectivity index (χ1v) is 8.83. The van der Waals surface area contributed by atoms with E-state index in [0.717, 1.165) is 25.2 Å². The molecular weight excluding hydrogens is 335 g/mol. The van der Waals surface area contributed by atoms with Gasteiger partial charge in [0.15, 0.2) is 0 Å². The van der Waals surface area contributed by atoms with Crippen LogP contribution in [0.1, 0.15) is 24.8 Å². The van der Waals surface area contributed by atoms with Crippen LogP contribution in [0, 0.1) is 5.82 Å². The molecule has 1 saturated heterocycles. The van der Waals surface area contributed by atoms with Crippen LogP contribution >= 0.6 is 0 Å². The number of ether oxygens (including phenoxy) is 2. The first kappa shape index (κ1) is 18.2. The van der Waals surface area contributed by atoms with Gasteiger partial charge in [-0.25, -0.2) is 9.18 Å². The van der Waals surface area contributed by atoms with Crippen molar-refractivity contribution in [2.45, 2.75) is 31.9 Å². The average molecular weight is 358 g/mol. The molecule has 0 unspecified atom stereocenters. The summed E-state index contributed by atoms with van der Waals surface area (Å²) in [6.07, 6.45) is 3.49. The third-order valence-corrected chi connectivity index (χ3v) is 4.22. The van der Waals surface area contributed by atoms with Crippen LogP contribution in [0.25, 0.3) is 0 Å². The third-order valence-electron chi connectivity index (χ3n) is 4.22. The zero-order valence-corrected chi connectivity index (χ0v) is 14.5. The van der Waals surface area contributed by atoms with Crippen molar-refractivity contribution in [3.63, 3.8) is 0 Å². The van der Waals surface area contributed by atoms with Crippen molar-refractivity contribution < 1.29 is 18.7 Å². The summed E-state index contributed by atoms with van der Waals surface area (Å²) in [7, 11) is 0. The Kier molecular flexibility index (Phi) is 6.44. The van der Waals surface area contributed by atoms with Gasteiger partial charge in [0.1, 0.15) is 18.2 Å². The number of carbonyl (C=O) groups is 1. The number of hydrogen-bond acceptors (Lipinski definition) is 3. The molecule has 1 fully saturated rings. The van der Waals surface area contributed by atoms with Crippen molar-refractivity contribution in [1.82, 2.24) is 5.32 Å². The van der Waals surface area contributed by atoms with E-state index in [1.807, 2.05) is 0 Å². The minimum absolute atomic E-state index is 0.126. The van der Waals surface area contributed by atoms with Crippen LogP contribution in [0.2, 0.25) is 0 Å². The Bertz CT molecular complexity index is 715. The number of amides is 2. The molecule has 2 amide bonds. The van der Waals surface area contributed by atoms with Crippen LogP contribution in [0.5, 0.6) is 5.75 Å². The Balaban J connectivity index is 1.43. The first-order chi connectivity index (χ1) is 12.7. The molecule has 0 aromatic heterocycles. The summed E-state index contributed by atoms with van der Waals surface area (Å²) in [5.74, 6) is 0.396. The monoisotopic (exact) mass is 358 g/mol. The molecule has 138 valence electrons. The van der Waals surface area contributed by atoms with E-state index in [2.05, 4.69) is 10.6 Å². The number of urea groups is 1. The van der Waals surface area contributed by atoms with Gasteiger partial charge in [-0.3, -0.25) is 0 Å². The minimum atomic E-state index is -0.391. The lowest BCUT2D eigenvalue weighted by molar-refractivity contribution is -0.0110. The van der Waals surface area contributed by atoms with Crippen molar-refractivity contribution in [3.8, 4) is 5.75 Å². The standard InChI is InChI=1S/C20H23FN2O3/c21-19-7-2-1-5-15(19)13-22-20(24)23-16-8-10-17(11-9-16)26-14-18-6-3-4-12-25-18/h1-2,5,7-11,18H,3-4,6,12-14H2,(H2,22,23,24)/t18-/m0/s1. The van der Waals surface area contributed by atoms with E-state index >= 15 is 0 Å². The predicted octanol–water partition coefficient (Wildman–Crippen LogP) is 4.10. The maximum Gasteiger partial charge on any atom is 0.319 e. The van der Waals surface area contributed by atoms with Gasteiger partial charge in [0.05, 0.1) is 6.10 Å². The highest BCUT2D eigenvalue weighted by Gasteiger charge is 2.14. The Morgan fingerprint density at radius 3 is 2.69 bits per heavy atom. The second-order valence-electron chi connectivity index (χ2n) is 6.22. The van der Waals surface area contributed by atoms with E-state index in [4.69, 9.17) is 9.47 Å². The van der Waals surface area contributed by atoms with Gasteiger partial charge in [-0.2, -0.15) is 0 Å². The van der Waals surface area contributed by atoms with Crippen molar-refractivity contribution >= 4 is 11.7 Å². The molecule has 2 N–H and O–H groups in total. The summed E-state index contributed by atoms with van der Waals surface area (Å²) in [6.45, 7) is 1.47. The Morgan fingerprint density at radius 2 is 1.96 bits per heavy atom. The molecule has 1 atom stereocenters. The lowest BCUT2D eigenvalue weighted by Gasteiger charge is -2.22. The highest BCUT2D eigenvalue weighted by molar-refractivity contribution is 5.89. The fraction of sp³-hybridized carbons (Fsp3) is 0.350. The number of rotatable bonds is 6. The molecule has 0 aliphatic carbocycles. The van der Waals surface area contributed by atoms with E-state index in [0.29, 0.717) is 17.9 Å². The second kappa shape index (κ2) is 9.20. The highest BCUT2D eigenvalue weighted by atomic mass is 19.1. The maximum absolute atomic E-state index is 13.5. The fourth-order valence-electron chi connectivity index (χ4n) is 2.76. The van der Waals surface area contributed by atoms with E-state index in [1.165, 1.54) is 12.5 Å². The molecule has 2 aromatic rings. The van der Waals surface area contributed by atoms with Crippen LogP contribution in [-0.2, 0) is 11.3 Å². The number of halogens is 1. The van der Waals surface area contributed by atoms with E-state index in [1.54, 1.807) is 42.5 Å². The van der Waals surface area contributed by atoms with Gasteiger partial charge in [0.25, 0.3) is 0 Å². The summed E-state index contributed by atoms with van der Waals surface area (Å²) >= 11 is 0. The number of hydrogen-bond donors (Lipinski definition) is 2. The Labute approximate surface area is 152 Å². The highest BCUT2D eigenvalue weighted by Crippen LogP contribution is 2.18. The largest absolute Gasteiger partial charge is 0.491 e. The topological polar surface area (TPSA) is 59.6 Å². The molecule has 6 heteroatoms. The Hall–Kier alpha value is -2.60. The summed E-state index contributed by atoms with van der Waals surface area (Å²) in [5.41, 5.74) is 1.08. The van der Waals surface area contributed by atoms with E-state index in [9.17, 15) is 9.18 Å². The lowest BCUT2D eigenvalue weighted by Crippen LogP contribution is -2.28. The normalized spacial score (nSPS) is 16.7. The van der Waals surface area contributed by atoms with Crippen LogP contribution in [0.3, 0.4) is 0 Å². The van der Waals surface area contributed by atoms with Crippen LogP contribution in [0.4, 0.5) is 14.9 Å². The van der Waals surface area contributed by atoms with Gasteiger partial charge < -0.3 is 20.1 Å². The van der Waals surface area contributed by atoms with Crippen LogP contribution in [-0.4, -0.2) is 25.3 Å². The summed E-state index contributed by atoms with van der Waals surface area (Å²) in [5, 5.41) is 5.34. The molecule has 1 heterocycles. The maximum atomic E-state index is 13.5. The minimum Gasteiger partial charge on any atom is -0.491 e. The lowest BCUT2D eigenvalue weighted by atomic mass is 10.1. The van der Waals surface area contributed by atoms with Crippen molar-refractivity contribution in [1.29, 1.82) is 0 Å². The molecule has 0 radical (unpaired) electrons. The number of benzene rings is 2. The van der Waals surface area contributed by atoms with E-state index < -0.39 is 6.03 Å². The molecule has 2 aromatic carbocycles. The van der Waals surface area contributed by atoms with Gasteiger partial charge >= 0.3 is 6.03 Å². The average Bonchev–Trinajstić information content (AvgIpc) is 2.68. The molecule has 0 saturated carbocycles. The molecule has 26 heavy (non-hydrogen) atoms. The summed E-state index contributed by atoms with van der Waals surface area (Å²) < 4.78 is 24.9. The summed E-state index contributed by atoms with van der Waals surface area (Å²) in [6, 6.07) is 13.1. The zero-order valence-electron chi connectivity index (χ0n) is 14.5. The number of nitrogens with one attached hydrogen (secondary N) is 2. The van der Waals surface area contributed by atoms with Crippen molar-refractivity contribution in [2.24, 2.45) is 0 Å². The second-order valence-corrected chi connectivity index (χ2v) is 6.22. The molecule has 5 nitrogen and oxygen atoms in total. The van der Waals surface area contributed by atoms with Crippen LogP contribution < -0.4 is 15.4 Å². The SMILES string of the molecule is O=C(NCc1ccccc1F)Nc1ccc(OC[C@@H]2CCCCO2)cc1. The Morgan fingerprint density at radius 1 is 1.15 bits per heavy atom. The molecular formula is C20H23FN2O3. The quantitative estimate of drug-likeness (QED) is 0.817.